The number of ether oxygens (including phenoxy) is 1. The van der Waals surface area contributed by atoms with Gasteiger partial charge in [-0.15, -0.1) is 11.8 Å². The molecule has 1 N–H and O–H groups in total. The molecule has 0 bridgehead atoms. The van der Waals surface area contributed by atoms with Crippen molar-refractivity contribution < 1.29 is 18.8 Å². The lowest BCUT2D eigenvalue weighted by atomic mass is 10.0. The number of carbonyl (C=O) groups is 2. The fourth-order valence-corrected chi connectivity index (χ4v) is 4.79. The summed E-state index contributed by atoms with van der Waals surface area (Å²) < 4.78 is 10.0. The molecule has 2 aromatic heterocycles. The molecule has 0 spiro atoms. The maximum Gasteiger partial charge on any atom is 0.337 e. The van der Waals surface area contributed by atoms with Crippen LogP contribution in [0.3, 0.4) is 0 Å². The molecular weight excluding hydrogens is 390 g/mol. The minimum Gasteiger partial charge on any atom is -0.465 e. The first-order valence-corrected chi connectivity index (χ1v) is 10.6. The van der Waals surface area contributed by atoms with Crippen LogP contribution in [0.2, 0.25) is 0 Å². The van der Waals surface area contributed by atoms with E-state index < -0.39 is 0 Å². The van der Waals surface area contributed by atoms with Gasteiger partial charge in [-0.05, 0) is 32.0 Å². The molecule has 0 aliphatic carbocycles. The number of H-pyrrole nitrogens is 1. The van der Waals surface area contributed by atoms with Crippen LogP contribution in [0.15, 0.2) is 22.7 Å². The molecule has 3 aromatic rings. The van der Waals surface area contributed by atoms with E-state index in [1.807, 2.05) is 30.9 Å². The molecule has 29 heavy (non-hydrogen) atoms. The molecular formula is C21H23N3O4S. The lowest BCUT2D eigenvalue weighted by molar-refractivity contribution is -0.129. The number of hydrogen-bond acceptors (Lipinski definition) is 6. The molecule has 0 fully saturated rings. The van der Waals surface area contributed by atoms with Crippen molar-refractivity contribution in [2.75, 3.05) is 19.4 Å². The average molecular weight is 413 g/mol. The first-order valence-electron chi connectivity index (χ1n) is 9.47. The Morgan fingerprint density at radius 3 is 2.90 bits per heavy atom. The average Bonchev–Trinajstić information content (AvgIpc) is 3.26. The van der Waals surface area contributed by atoms with E-state index in [0.717, 1.165) is 45.6 Å². The molecule has 4 rings (SSSR count). The van der Waals surface area contributed by atoms with Crippen molar-refractivity contribution >= 4 is 34.5 Å². The third kappa shape index (κ3) is 3.76. The number of nitrogens with zero attached hydrogens (tertiary/aromatic N) is 2. The van der Waals surface area contributed by atoms with Crippen LogP contribution in [-0.4, -0.2) is 46.3 Å². The van der Waals surface area contributed by atoms with Crippen LogP contribution >= 0.6 is 11.8 Å². The van der Waals surface area contributed by atoms with E-state index in [-0.39, 0.29) is 11.9 Å². The second-order valence-corrected chi connectivity index (χ2v) is 8.18. The van der Waals surface area contributed by atoms with E-state index in [2.05, 4.69) is 10.1 Å². The maximum atomic E-state index is 12.8. The molecule has 0 unspecified atom stereocenters. The fraction of sp³-hybridized carbons (Fsp3) is 0.381. The molecule has 1 aromatic carbocycles. The minimum atomic E-state index is -0.360. The van der Waals surface area contributed by atoms with Gasteiger partial charge < -0.3 is 19.1 Å². The van der Waals surface area contributed by atoms with Gasteiger partial charge in [-0.25, -0.2) is 4.79 Å². The standard InChI is InChI=1S/C21H23N3O4S/c1-12-17(13(2)28-23-12)10-29-11-20(25)24-7-6-19-16(9-24)15-8-14(21(26)27-3)4-5-18(15)22-19/h4-5,8,22H,6-7,9-11H2,1-3H3. The van der Waals surface area contributed by atoms with E-state index in [0.29, 0.717) is 30.2 Å². The largest absolute Gasteiger partial charge is 0.465 e. The van der Waals surface area contributed by atoms with Crippen LogP contribution in [0.1, 0.15) is 38.6 Å². The molecule has 0 radical (unpaired) electrons. The highest BCUT2D eigenvalue weighted by atomic mass is 32.2. The van der Waals surface area contributed by atoms with Crippen molar-refractivity contribution in [1.82, 2.24) is 15.0 Å². The Bertz CT molecular complexity index is 1070. The van der Waals surface area contributed by atoms with Crippen LogP contribution in [0.5, 0.6) is 0 Å². The van der Waals surface area contributed by atoms with E-state index >= 15 is 0 Å². The highest BCUT2D eigenvalue weighted by Crippen LogP contribution is 2.29. The summed E-state index contributed by atoms with van der Waals surface area (Å²) in [6.07, 6.45) is 0.776. The van der Waals surface area contributed by atoms with Gasteiger partial charge in [0.05, 0.1) is 24.1 Å². The monoisotopic (exact) mass is 413 g/mol. The molecule has 0 atom stereocenters. The highest BCUT2D eigenvalue weighted by molar-refractivity contribution is 7.99. The fourth-order valence-electron chi connectivity index (χ4n) is 3.71. The predicted molar refractivity (Wildman–Crippen MR) is 111 cm³/mol. The van der Waals surface area contributed by atoms with Crippen molar-refractivity contribution in [2.24, 2.45) is 0 Å². The lowest BCUT2D eigenvalue weighted by Crippen LogP contribution is -2.36. The summed E-state index contributed by atoms with van der Waals surface area (Å²) in [5.74, 6) is 1.69. The maximum absolute atomic E-state index is 12.8. The van der Waals surface area contributed by atoms with Crippen molar-refractivity contribution in [3.63, 3.8) is 0 Å². The minimum absolute atomic E-state index is 0.117. The Labute approximate surface area is 172 Å². The number of methoxy groups -OCH3 is 1. The zero-order valence-corrected chi connectivity index (χ0v) is 17.5. The van der Waals surface area contributed by atoms with Crippen molar-refractivity contribution in [3.8, 4) is 0 Å². The van der Waals surface area contributed by atoms with Crippen LogP contribution in [-0.2, 0) is 28.2 Å². The number of benzene rings is 1. The van der Waals surface area contributed by atoms with E-state index in [4.69, 9.17) is 9.26 Å². The Kier molecular flexibility index (Phi) is 5.36. The summed E-state index contributed by atoms with van der Waals surface area (Å²) in [4.78, 5) is 30.0. The van der Waals surface area contributed by atoms with Gasteiger partial charge in [-0.2, -0.15) is 0 Å². The third-order valence-electron chi connectivity index (χ3n) is 5.40. The molecule has 152 valence electrons. The van der Waals surface area contributed by atoms with Crippen LogP contribution in [0.4, 0.5) is 0 Å². The second-order valence-electron chi connectivity index (χ2n) is 7.19. The number of carbonyl (C=O) groups excluding carboxylic acids is 2. The molecule has 0 saturated carbocycles. The van der Waals surface area contributed by atoms with Gasteiger partial charge in [0.2, 0.25) is 5.91 Å². The van der Waals surface area contributed by atoms with Gasteiger partial charge in [0.25, 0.3) is 0 Å². The van der Waals surface area contributed by atoms with E-state index in [9.17, 15) is 9.59 Å². The molecule has 0 saturated heterocycles. The molecule has 1 aliphatic rings. The summed E-state index contributed by atoms with van der Waals surface area (Å²) in [5, 5.41) is 4.93. The summed E-state index contributed by atoms with van der Waals surface area (Å²) in [7, 11) is 1.37. The topological polar surface area (TPSA) is 88.4 Å². The number of aromatic amines is 1. The molecule has 1 amide bonds. The highest BCUT2D eigenvalue weighted by Gasteiger charge is 2.24. The van der Waals surface area contributed by atoms with E-state index in [1.54, 1.807) is 17.8 Å². The van der Waals surface area contributed by atoms with Crippen molar-refractivity contribution in [1.29, 1.82) is 0 Å². The molecule has 8 heteroatoms. The van der Waals surface area contributed by atoms with Gasteiger partial charge >= 0.3 is 5.97 Å². The number of fused-ring (bicyclic) bond motifs is 3. The first-order chi connectivity index (χ1) is 14.0. The Morgan fingerprint density at radius 1 is 1.34 bits per heavy atom. The summed E-state index contributed by atoms with van der Waals surface area (Å²) in [6, 6.07) is 5.49. The number of amides is 1. The lowest BCUT2D eigenvalue weighted by Gasteiger charge is -2.27. The summed E-state index contributed by atoms with van der Waals surface area (Å²) >= 11 is 1.58. The Balaban J connectivity index is 1.45. The van der Waals surface area contributed by atoms with Gasteiger partial charge in [-0.1, -0.05) is 5.16 Å². The predicted octanol–water partition coefficient (Wildman–Crippen LogP) is 3.38. The second kappa shape index (κ2) is 7.94. The van der Waals surface area contributed by atoms with Crippen molar-refractivity contribution in [2.45, 2.75) is 32.6 Å². The van der Waals surface area contributed by atoms with E-state index in [1.165, 1.54) is 7.11 Å². The summed E-state index contributed by atoms with van der Waals surface area (Å²) in [6.45, 7) is 5.04. The Morgan fingerprint density at radius 2 is 2.17 bits per heavy atom. The molecule has 7 nitrogen and oxygen atoms in total. The quantitative estimate of drug-likeness (QED) is 0.645. The van der Waals surface area contributed by atoms with Gasteiger partial charge in [0, 0.05) is 53.0 Å². The summed E-state index contributed by atoms with van der Waals surface area (Å²) in [5.41, 5.74) is 5.65. The zero-order valence-electron chi connectivity index (χ0n) is 16.7. The number of thioether (sulfide) groups is 1. The smallest absolute Gasteiger partial charge is 0.337 e. The third-order valence-corrected chi connectivity index (χ3v) is 6.35. The van der Waals surface area contributed by atoms with Crippen LogP contribution < -0.4 is 0 Å². The molecule has 3 heterocycles. The number of rotatable bonds is 5. The Hall–Kier alpha value is -2.74. The van der Waals surface area contributed by atoms with Crippen LogP contribution in [0, 0.1) is 13.8 Å². The van der Waals surface area contributed by atoms with Gasteiger partial charge in [0.15, 0.2) is 0 Å². The number of aryl methyl sites for hydroxylation is 2. The number of nitrogens with one attached hydrogen (secondary N) is 1. The zero-order chi connectivity index (χ0) is 20.5. The number of esters is 1. The number of hydrogen-bond donors (Lipinski definition) is 1. The van der Waals surface area contributed by atoms with Gasteiger partial charge in [-0.3, -0.25) is 4.79 Å². The van der Waals surface area contributed by atoms with Crippen LogP contribution in [0.25, 0.3) is 10.9 Å². The SMILES string of the molecule is COC(=O)c1ccc2[nH]c3c(c2c1)CN(C(=O)CSCc1c(C)noc1C)CC3. The van der Waals surface area contributed by atoms with Crippen molar-refractivity contribution in [3.05, 3.63) is 52.0 Å². The molecule has 1 aliphatic heterocycles. The first kappa shape index (κ1) is 19.6. The number of aromatic nitrogens is 2. The normalized spacial score (nSPS) is 13.6. The van der Waals surface area contributed by atoms with Gasteiger partial charge in [0.1, 0.15) is 5.76 Å².